The molecule has 0 aliphatic carbocycles. The van der Waals surface area contributed by atoms with E-state index in [9.17, 15) is 4.79 Å². The van der Waals surface area contributed by atoms with E-state index in [0.29, 0.717) is 38.2 Å². The minimum atomic E-state index is -0.450. The average molecular weight is 527 g/mol. The van der Waals surface area contributed by atoms with Gasteiger partial charge in [0.1, 0.15) is 5.75 Å². The summed E-state index contributed by atoms with van der Waals surface area (Å²) in [6.45, 7) is 3.82. The molecule has 0 bridgehead atoms. The summed E-state index contributed by atoms with van der Waals surface area (Å²) in [4.78, 5) is 12.6. The number of amides is 1. The molecule has 9 heteroatoms. The zero-order valence-electron chi connectivity index (χ0n) is 19.2. The number of hydrogen-bond acceptors (Lipinski definition) is 5. The number of aromatic nitrogens is 3. The summed E-state index contributed by atoms with van der Waals surface area (Å²) in [6.07, 6.45) is 0. The summed E-state index contributed by atoms with van der Waals surface area (Å²) < 4.78 is 7.43. The molecule has 1 amide bonds. The van der Waals surface area contributed by atoms with Gasteiger partial charge in [0.05, 0.1) is 16.8 Å². The van der Waals surface area contributed by atoms with Crippen LogP contribution < -0.4 is 10.1 Å². The van der Waals surface area contributed by atoms with Crippen molar-refractivity contribution < 1.29 is 9.53 Å². The highest BCUT2D eigenvalue weighted by molar-refractivity contribution is 7.98. The predicted molar refractivity (Wildman–Crippen MR) is 141 cm³/mol. The number of thioether (sulfide) groups is 1. The van der Waals surface area contributed by atoms with Crippen LogP contribution in [0.3, 0.4) is 0 Å². The number of carbonyl (C=O) groups excluding carboxylic acids is 1. The first kappa shape index (κ1) is 25.1. The topological polar surface area (TPSA) is 69.0 Å². The first-order valence-corrected chi connectivity index (χ1v) is 12.7. The molecule has 4 rings (SSSR count). The third kappa shape index (κ3) is 6.36. The zero-order chi connectivity index (χ0) is 24.8. The molecule has 0 aliphatic rings. The summed E-state index contributed by atoms with van der Waals surface area (Å²) in [7, 11) is 0. The Kier molecular flexibility index (Phi) is 8.33. The van der Waals surface area contributed by atoms with Gasteiger partial charge >= 0.3 is 0 Å². The minimum absolute atomic E-state index is 0.112. The van der Waals surface area contributed by atoms with E-state index < -0.39 is 6.04 Å². The maximum absolute atomic E-state index is 12.6. The number of halogens is 2. The highest BCUT2D eigenvalue weighted by atomic mass is 35.5. The quantitative estimate of drug-likeness (QED) is 0.254. The molecule has 0 saturated heterocycles. The van der Waals surface area contributed by atoms with Crippen LogP contribution in [0, 0.1) is 6.92 Å². The van der Waals surface area contributed by atoms with Crippen LogP contribution in [-0.2, 0) is 10.5 Å². The van der Waals surface area contributed by atoms with Crippen molar-refractivity contribution in [2.75, 3.05) is 6.61 Å². The van der Waals surface area contributed by atoms with Gasteiger partial charge in [0.15, 0.2) is 17.6 Å². The number of ether oxygens (including phenoxy) is 1. The summed E-state index contributed by atoms with van der Waals surface area (Å²) in [5.41, 5.74) is 3.09. The third-order valence-electron chi connectivity index (χ3n) is 5.30. The Morgan fingerprint density at radius 2 is 1.80 bits per heavy atom. The lowest BCUT2D eigenvalue weighted by Crippen LogP contribution is -2.32. The molecule has 1 aromatic heterocycles. The van der Waals surface area contributed by atoms with E-state index >= 15 is 0 Å². The van der Waals surface area contributed by atoms with Gasteiger partial charge < -0.3 is 10.1 Å². The Balaban J connectivity index is 1.57. The number of nitrogens with one attached hydrogen (secondary N) is 1. The molecule has 180 valence electrons. The van der Waals surface area contributed by atoms with Gasteiger partial charge in [-0.25, -0.2) is 0 Å². The lowest BCUT2D eigenvalue weighted by atomic mass is 10.1. The number of carbonyl (C=O) groups is 1. The van der Waals surface area contributed by atoms with Crippen molar-refractivity contribution in [3.8, 4) is 11.4 Å². The van der Waals surface area contributed by atoms with Crippen LogP contribution in [0.2, 0.25) is 10.0 Å². The van der Waals surface area contributed by atoms with Crippen molar-refractivity contribution in [1.29, 1.82) is 0 Å². The summed E-state index contributed by atoms with van der Waals surface area (Å²) >= 11 is 14.2. The fourth-order valence-electron chi connectivity index (χ4n) is 3.47. The zero-order valence-corrected chi connectivity index (χ0v) is 21.6. The van der Waals surface area contributed by atoms with E-state index in [0.717, 1.165) is 0 Å². The Bertz CT molecular complexity index is 1310. The van der Waals surface area contributed by atoms with Crippen molar-refractivity contribution in [3.63, 3.8) is 0 Å². The van der Waals surface area contributed by atoms with Gasteiger partial charge in [0.2, 0.25) is 0 Å². The van der Waals surface area contributed by atoms with Crippen LogP contribution in [0.15, 0.2) is 78.0 Å². The summed E-state index contributed by atoms with van der Waals surface area (Å²) in [6, 6.07) is 22.2. The summed E-state index contributed by atoms with van der Waals surface area (Å²) in [5, 5.41) is 13.4. The maximum Gasteiger partial charge on any atom is 0.258 e. The molecule has 0 radical (unpaired) electrons. The lowest BCUT2D eigenvalue weighted by molar-refractivity contribution is -0.123. The van der Waals surface area contributed by atoms with Gasteiger partial charge in [-0.15, -0.1) is 10.2 Å². The van der Waals surface area contributed by atoms with Gasteiger partial charge in [-0.2, -0.15) is 0 Å². The molecule has 0 spiro atoms. The fourth-order valence-corrected chi connectivity index (χ4v) is 4.99. The standard InChI is InChI=1S/C26H24Cl2N4O2S/c1-17-8-6-7-9-19(17)16-35-26-31-30-25(32(26)23-13-12-20(27)14-22(23)28)18(2)29-24(33)15-34-21-10-4-3-5-11-21/h3-14,18H,15-16H2,1-2H3,(H,29,33). The van der Waals surface area contributed by atoms with E-state index in [1.807, 2.05) is 47.9 Å². The van der Waals surface area contributed by atoms with Gasteiger partial charge in [-0.1, -0.05) is 77.4 Å². The molecule has 6 nitrogen and oxygen atoms in total. The molecule has 1 unspecified atom stereocenters. The second-order valence-electron chi connectivity index (χ2n) is 7.88. The van der Waals surface area contributed by atoms with E-state index in [-0.39, 0.29) is 12.5 Å². The molecule has 0 saturated carbocycles. The average Bonchev–Trinajstić information content (AvgIpc) is 3.27. The first-order valence-electron chi connectivity index (χ1n) is 11.0. The van der Waals surface area contributed by atoms with E-state index in [1.54, 1.807) is 36.0 Å². The third-order valence-corrected chi connectivity index (χ3v) is 6.82. The molecular formula is C26H24Cl2N4O2S. The van der Waals surface area contributed by atoms with Gasteiger partial charge in [-0.3, -0.25) is 9.36 Å². The molecule has 0 fully saturated rings. The molecule has 35 heavy (non-hydrogen) atoms. The van der Waals surface area contributed by atoms with Gasteiger partial charge in [0.25, 0.3) is 5.91 Å². The molecule has 3 aromatic carbocycles. The van der Waals surface area contributed by atoms with Gasteiger partial charge in [0, 0.05) is 10.8 Å². The first-order chi connectivity index (χ1) is 16.9. The molecule has 1 heterocycles. The summed E-state index contributed by atoms with van der Waals surface area (Å²) in [5.74, 6) is 1.62. The minimum Gasteiger partial charge on any atom is -0.484 e. The van der Waals surface area contributed by atoms with E-state index in [4.69, 9.17) is 27.9 Å². The van der Waals surface area contributed by atoms with E-state index in [2.05, 4.69) is 34.6 Å². The largest absolute Gasteiger partial charge is 0.484 e. The fraction of sp³-hybridized carbons (Fsp3) is 0.192. The molecule has 0 aliphatic heterocycles. The highest BCUT2D eigenvalue weighted by Crippen LogP contribution is 2.32. The molecule has 4 aromatic rings. The monoisotopic (exact) mass is 526 g/mol. The Hall–Kier alpha value is -3.00. The van der Waals surface area contributed by atoms with Crippen molar-refractivity contribution in [1.82, 2.24) is 20.1 Å². The Labute approximate surface area is 218 Å². The van der Waals surface area contributed by atoms with Crippen LogP contribution in [0.25, 0.3) is 5.69 Å². The second-order valence-corrected chi connectivity index (χ2v) is 9.66. The van der Waals surface area contributed by atoms with Gasteiger partial charge in [-0.05, 0) is 55.3 Å². The maximum atomic E-state index is 12.6. The van der Waals surface area contributed by atoms with E-state index in [1.165, 1.54) is 11.1 Å². The predicted octanol–water partition coefficient (Wildman–Crippen LogP) is 6.43. The van der Waals surface area contributed by atoms with Crippen LogP contribution in [0.5, 0.6) is 5.75 Å². The number of benzene rings is 3. The number of para-hydroxylation sites is 1. The van der Waals surface area contributed by atoms with Crippen molar-refractivity contribution in [2.24, 2.45) is 0 Å². The molecule has 1 atom stereocenters. The number of hydrogen-bond donors (Lipinski definition) is 1. The molecular weight excluding hydrogens is 503 g/mol. The van der Waals surface area contributed by atoms with Crippen LogP contribution in [0.4, 0.5) is 0 Å². The molecule has 1 N–H and O–H groups in total. The Morgan fingerprint density at radius 3 is 2.54 bits per heavy atom. The normalized spacial score (nSPS) is 11.8. The second kappa shape index (κ2) is 11.6. The number of rotatable bonds is 9. The lowest BCUT2D eigenvalue weighted by Gasteiger charge is -2.17. The van der Waals surface area contributed by atoms with Crippen molar-refractivity contribution >= 4 is 40.9 Å². The van der Waals surface area contributed by atoms with Crippen LogP contribution >= 0.6 is 35.0 Å². The highest BCUT2D eigenvalue weighted by Gasteiger charge is 2.23. The van der Waals surface area contributed by atoms with Crippen LogP contribution in [0.1, 0.15) is 29.9 Å². The van der Waals surface area contributed by atoms with Crippen molar-refractivity contribution in [2.45, 2.75) is 30.8 Å². The number of nitrogens with zero attached hydrogens (tertiary/aromatic N) is 3. The smallest absolute Gasteiger partial charge is 0.258 e. The van der Waals surface area contributed by atoms with Crippen LogP contribution in [-0.4, -0.2) is 27.3 Å². The van der Waals surface area contributed by atoms with Crippen molar-refractivity contribution in [3.05, 3.63) is 99.8 Å². The Morgan fingerprint density at radius 1 is 1.06 bits per heavy atom. The number of aryl methyl sites for hydroxylation is 1. The SMILES string of the molecule is Cc1ccccc1CSc1nnc(C(C)NC(=O)COc2ccccc2)n1-c1ccc(Cl)cc1Cl.